The normalized spacial score (nSPS) is 15.2. The number of ether oxygens (including phenoxy) is 1. The molecule has 1 aliphatic rings. The van der Waals surface area contributed by atoms with Crippen LogP contribution in [0.4, 0.5) is 19.0 Å². The van der Waals surface area contributed by atoms with Crippen LogP contribution in [0.15, 0.2) is 48.5 Å². The highest BCUT2D eigenvalue weighted by Crippen LogP contribution is 2.35. The maximum atomic E-state index is 13.3. The number of esters is 1. The number of aromatic nitrogens is 4. The van der Waals surface area contributed by atoms with Gasteiger partial charge in [-0.05, 0) is 44.0 Å². The first-order valence-corrected chi connectivity index (χ1v) is 11.1. The van der Waals surface area contributed by atoms with Gasteiger partial charge < -0.3 is 9.64 Å². The van der Waals surface area contributed by atoms with Gasteiger partial charge in [0.1, 0.15) is 11.5 Å². The van der Waals surface area contributed by atoms with E-state index in [0.29, 0.717) is 49.6 Å². The third-order valence-corrected chi connectivity index (χ3v) is 6.11. The minimum Gasteiger partial charge on any atom is -0.466 e. The topological polar surface area (TPSA) is 72.6 Å². The molecule has 0 saturated carbocycles. The van der Waals surface area contributed by atoms with Crippen LogP contribution in [0, 0.1) is 5.92 Å². The van der Waals surface area contributed by atoms with Crippen LogP contribution < -0.4 is 4.90 Å². The second-order valence-corrected chi connectivity index (χ2v) is 8.22. The summed E-state index contributed by atoms with van der Waals surface area (Å²) in [5.41, 5.74) is 0.938. The molecule has 1 aliphatic heterocycles. The lowest BCUT2D eigenvalue weighted by Gasteiger charge is -2.32. The van der Waals surface area contributed by atoms with Gasteiger partial charge in [-0.3, -0.25) is 4.79 Å². The SMILES string of the molecule is CCOC(=O)C1CCN(c2nc3c(-c4cccc(C(F)(F)F)c4)nnn3c3ccccc23)CC1. The molecule has 34 heavy (non-hydrogen) atoms. The third kappa shape index (κ3) is 3.93. The van der Waals surface area contributed by atoms with Crippen LogP contribution in [-0.4, -0.2) is 45.5 Å². The highest BCUT2D eigenvalue weighted by Gasteiger charge is 2.31. The summed E-state index contributed by atoms with van der Waals surface area (Å²) in [6, 6.07) is 12.6. The van der Waals surface area contributed by atoms with Gasteiger partial charge >= 0.3 is 12.1 Å². The molecule has 10 heteroatoms. The van der Waals surface area contributed by atoms with Crippen LogP contribution in [0.5, 0.6) is 0 Å². The Hall–Kier alpha value is -3.69. The second kappa shape index (κ2) is 8.58. The number of carbonyl (C=O) groups excluding carboxylic acids is 1. The fraction of sp³-hybridized carbons (Fsp3) is 0.333. The summed E-state index contributed by atoms with van der Waals surface area (Å²) in [5, 5.41) is 9.24. The molecule has 4 aromatic rings. The molecule has 2 aromatic heterocycles. The van der Waals surface area contributed by atoms with Crippen LogP contribution in [0.2, 0.25) is 0 Å². The molecular formula is C24H22F3N5O2. The number of hydrogen-bond donors (Lipinski definition) is 0. The molecule has 1 saturated heterocycles. The van der Waals surface area contributed by atoms with Crippen molar-refractivity contribution < 1.29 is 22.7 Å². The van der Waals surface area contributed by atoms with Crippen molar-refractivity contribution in [1.29, 1.82) is 0 Å². The van der Waals surface area contributed by atoms with Crippen LogP contribution in [-0.2, 0) is 15.7 Å². The molecule has 0 atom stereocenters. The Labute approximate surface area is 193 Å². The summed E-state index contributed by atoms with van der Waals surface area (Å²) in [6.07, 6.45) is -3.19. The molecule has 2 aromatic carbocycles. The zero-order chi connectivity index (χ0) is 23.9. The van der Waals surface area contributed by atoms with Crippen LogP contribution >= 0.6 is 0 Å². The fourth-order valence-electron chi connectivity index (χ4n) is 4.41. The second-order valence-electron chi connectivity index (χ2n) is 8.22. The largest absolute Gasteiger partial charge is 0.466 e. The van der Waals surface area contributed by atoms with E-state index in [-0.39, 0.29) is 17.6 Å². The van der Waals surface area contributed by atoms with Gasteiger partial charge in [0.05, 0.1) is 23.6 Å². The lowest BCUT2D eigenvalue weighted by Crippen LogP contribution is -2.37. The lowest BCUT2D eigenvalue weighted by atomic mass is 9.97. The van der Waals surface area contributed by atoms with Gasteiger partial charge in [0, 0.05) is 24.0 Å². The van der Waals surface area contributed by atoms with Gasteiger partial charge in [0.25, 0.3) is 0 Å². The Morgan fingerprint density at radius 1 is 1.12 bits per heavy atom. The summed E-state index contributed by atoms with van der Waals surface area (Å²) in [4.78, 5) is 19.1. The van der Waals surface area contributed by atoms with Gasteiger partial charge in [-0.1, -0.05) is 29.5 Å². The van der Waals surface area contributed by atoms with Crippen molar-refractivity contribution in [3.63, 3.8) is 0 Å². The number of hydrogen-bond acceptors (Lipinski definition) is 6. The molecule has 0 spiro atoms. The molecular weight excluding hydrogens is 447 g/mol. The first kappa shape index (κ1) is 22.1. The lowest BCUT2D eigenvalue weighted by molar-refractivity contribution is -0.148. The van der Waals surface area contributed by atoms with Crippen molar-refractivity contribution in [1.82, 2.24) is 19.8 Å². The zero-order valence-electron chi connectivity index (χ0n) is 18.4. The average molecular weight is 469 g/mol. The first-order valence-electron chi connectivity index (χ1n) is 11.1. The Morgan fingerprint density at radius 3 is 2.62 bits per heavy atom. The molecule has 0 amide bonds. The highest BCUT2D eigenvalue weighted by atomic mass is 19.4. The summed E-state index contributed by atoms with van der Waals surface area (Å²) in [5.74, 6) is 0.367. The van der Waals surface area contributed by atoms with Gasteiger partial charge in [-0.15, -0.1) is 5.10 Å². The highest BCUT2D eigenvalue weighted by molar-refractivity contribution is 5.93. The summed E-state index contributed by atoms with van der Waals surface area (Å²) < 4.78 is 46.6. The molecule has 3 heterocycles. The van der Waals surface area contributed by atoms with E-state index < -0.39 is 11.7 Å². The van der Waals surface area contributed by atoms with Gasteiger partial charge in [0.15, 0.2) is 5.65 Å². The number of benzene rings is 2. The number of nitrogens with zero attached hydrogens (tertiary/aromatic N) is 5. The molecule has 0 unspecified atom stereocenters. The van der Waals surface area contributed by atoms with E-state index in [9.17, 15) is 18.0 Å². The Balaban J connectivity index is 1.58. The molecule has 0 bridgehead atoms. The third-order valence-electron chi connectivity index (χ3n) is 6.11. The van der Waals surface area contributed by atoms with Crippen LogP contribution in [0.1, 0.15) is 25.3 Å². The molecule has 5 rings (SSSR count). The van der Waals surface area contributed by atoms with Crippen molar-refractivity contribution in [3.05, 3.63) is 54.1 Å². The van der Waals surface area contributed by atoms with E-state index >= 15 is 0 Å². The maximum Gasteiger partial charge on any atom is 0.416 e. The summed E-state index contributed by atoms with van der Waals surface area (Å²) in [7, 11) is 0. The number of anilines is 1. The van der Waals surface area contributed by atoms with Crippen molar-refractivity contribution in [2.24, 2.45) is 5.92 Å². The first-order chi connectivity index (χ1) is 16.4. The Kier molecular flexibility index (Phi) is 5.59. The number of piperidine rings is 1. The molecule has 0 radical (unpaired) electrons. The Bertz CT molecular complexity index is 1360. The molecule has 7 nitrogen and oxygen atoms in total. The Morgan fingerprint density at radius 2 is 1.88 bits per heavy atom. The minimum atomic E-state index is -4.46. The quantitative estimate of drug-likeness (QED) is 0.402. The van der Waals surface area contributed by atoms with E-state index in [4.69, 9.17) is 9.72 Å². The summed E-state index contributed by atoms with van der Waals surface area (Å²) in [6.45, 7) is 3.36. The standard InChI is InChI=1S/C24H22F3N5O2/c1-2-34-23(33)15-10-12-31(13-11-15)21-18-8-3-4-9-19(18)32-22(28-21)20(29-30-32)16-6-5-7-17(14-16)24(25,26)27/h3-9,14-15H,2,10-13H2,1H3. The van der Waals surface area contributed by atoms with Crippen molar-refractivity contribution in [2.45, 2.75) is 25.9 Å². The molecule has 1 fully saturated rings. The van der Waals surface area contributed by atoms with Crippen molar-refractivity contribution >= 4 is 28.3 Å². The van der Waals surface area contributed by atoms with Gasteiger partial charge in [-0.25, -0.2) is 4.98 Å². The smallest absolute Gasteiger partial charge is 0.416 e. The van der Waals surface area contributed by atoms with Crippen LogP contribution in [0.3, 0.4) is 0 Å². The van der Waals surface area contributed by atoms with Crippen LogP contribution in [0.25, 0.3) is 27.8 Å². The van der Waals surface area contributed by atoms with Gasteiger partial charge in [0.2, 0.25) is 0 Å². The number of carbonyl (C=O) groups is 1. The van der Waals surface area contributed by atoms with Crippen molar-refractivity contribution in [2.75, 3.05) is 24.6 Å². The van der Waals surface area contributed by atoms with E-state index in [1.807, 2.05) is 24.3 Å². The van der Waals surface area contributed by atoms with E-state index in [1.54, 1.807) is 17.5 Å². The number of alkyl halides is 3. The predicted molar refractivity (Wildman–Crippen MR) is 120 cm³/mol. The molecule has 0 N–H and O–H groups in total. The summed E-state index contributed by atoms with van der Waals surface area (Å²) >= 11 is 0. The number of fused-ring (bicyclic) bond motifs is 3. The minimum absolute atomic E-state index is 0.150. The number of rotatable bonds is 4. The average Bonchev–Trinajstić information content (AvgIpc) is 3.28. The van der Waals surface area contributed by atoms with Gasteiger partial charge in [-0.2, -0.15) is 17.7 Å². The maximum absolute atomic E-state index is 13.3. The van der Waals surface area contributed by atoms with Crippen molar-refractivity contribution in [3.8, 4) is 11.3 Å². The van der Waals surface area contributed by atoms with E-state index in [2.05, 4.69) is 15.2 Å². The molecule has 0 aliphatic carbocycles. The van der Waals surface area contributed by atoms with E-state index in [1.165, 1.54) is 6.07 Å². The zero-order valence-corrected chi connectivity index (χ0v) is 18.4. The fourth-order valence-corrected chi connectivity index (χ4v) is 4.41. The molecule has 176 valence electrons. The monoisotopic (exact) mass is 469 g/mol. The van der Waals surface area contributed by atoms with E-state index in [0.717, 1.165) is 23.0 Å². The number of para-hydroxylation sites is 1. The predicted octanol–water partition coefficient (Wildman–Crippen LogP) is 4.74. The number of halogens is 3.